The molecule has 5 nitrogen and oxygen atoms in total. The lowest BCUT2D eigenvalue weighted by atomic mass is 10.3. The molecule has 0 aliphatic rings. The van der Waals surface area contributed by atoms with E-state index in [9.17, 15) is 14.0 Å². The van der Waals surface area contributed by atoms with Gasteiger partial charge in [0.05, 0.1) is 5.56 Å². The number of benzene rings is 1. The maximum absolute atomic E-state index is 12.7. The number of hydrogen-bond acceptors (Lipinski definition) is 4. The Kier molecular flexibility index (Phi) is 5.91. The third-order valence-corrected chi connectivity index (χ3v) is 3.66. The summed E-state index contributed by atoms with van der Waals surface area (Å²) in [5.74, 6) is -0.486. The van der Waals surface area contributed by atoms with E-state index in [0.717, 1.165) is 4.90 Å². The molecule has 1 heterocycles. The highest BCUT2D eigenvalue weighted by atomic mass is 32.2. The molecule has 114 valence electrons. The second-order valence-corrected chi connectivity index (χ2v) is 5.46. The number of aromatic nitrogens is 1. The Balaban J connectivity index is 1.68. The van der Waals surface area contributed by atoms with E-state index >= 15 is 0 Å². The van der Waals surface area contributed by atoms with Gasteiger partial charge in [-0.15, -0.1) is 11.8 Å². The summed E-state index contributed by atoms with van der Waals surface area (Å²) in [5, 5.41) is 0. The summed E-state index contributed by atoms with van der Waals surface area (Å²) in [7, 11) is 0. The number of carbonyl (C=O) groups excluding carboxylic acids is 2. The van der Waals surface area contributed by atoms with Crippen molar-refractivity contribution >= 4 is 23.6 Å². The van der Waals surface area contributed by atoms with Gasteiger partial charge in [-0.25, -0.2) is 4.39 Å². The van der Waals surface area contributed by atoms with Crippen molar-refractivity contribution in [3.05, 3.63) is 60.2 Å². The SMILES string of the molecule is O=C(CCSc1ccc(F)cc1)NNC(=O)c1cccnc1. The predicted molar refractivity (Wildman–Crippen MR) is 81.6 cm³/mol. The van der Waals surface area contributed by atoms with Crippen molar-refractivity contribution in [2.45, 2.75) is 11.3 Å². The Morgan fingerprint density at radius 3 is 2.59 bits per heavy atom. The summed E-state index contributed by atoms with van der Waals surface area (Å²) in [5.41, 5.74) is 5.02. The van der Waals surface area contributed by atoms with Crippen LogP contribution in [0.2, 0.25) is 0 Å². The van der Waals surface area contributed by atoms with E-state index in [-0.39, 0.29) is 18.1 Å². The maximum Gasteiger partial charge on any atom is 0.271 e. The van der Waals surface area contributed by atoms with Gasteiger partial charge in [-0.3, -0.25) is 25.4 Å². The number of halogens is 1. The van der Waals surface area contributed by atoms with E-state index in [2.05, 4.69) is 15.8 Å². The second-order valence-electron chi connectivity index (χ2n) is 4.30. The molecule has 0 atom stereocenters. The number of thioether (sulfide) groups is 1. The van der Waals surface area contributed by atoms with Crippen LogP contribution in [0.15, 0.2) is 53.7 Å². The van der Waals surface area contributed by atoms with Crippen molar-refractivity contribution in [1.82, 2.24) is 15.8 Å². The molecule has 0 spiro atoms. The van der Waals surface area contributed by atoms with Crippen molar-refractivity contribution in [3.63, 3.8) is 0 Å². The quantitative estimate of drug-likeness (QED) is 0.654. The normalized spacial score (nSPS) is 10.0. The molecule has 0 fully saturated rings. The van der Waals surface area contributed by atoms with Crippen molar-refractivity contribution in [2.24, 2.45) is 0 Å². The molecule has 0 bridgehead atoms. The Bertz CT molecular complexity index is 635. The Morgan fingerprint density at radius 1 is 1.14 bits per heavy atom. The van der Waals surface area contributed by atoms with Gasteiger partial charge in [0, 0.05) is 29.5 Å². The number of amides is 2. The Labute approximate surface area is 131 Å². The average molecular weight is 319 g/mol. The molecule has 1 aromatic heterocycles. The topological polar surface area (TPSA) is 71.1 Å². The van der Waals surface area contributed by atoms with Crippen molar-refractivity contribution in [2.75, 3.05) is 5.75 Å². The van der Waals surface area contributed by atoms with Crippen LogP contribution in [0.25, 0.3) is 0 Å². The van der Waals surface area contributed by atoms with E-state index in [4.69, 9.17) is 0 Å². The van der Waals surface area contributed by atoms with Crippen LogP contribution in [0.4, 0.5) is 4.39 Å². The van der Waals surface area contributed by atoms with Gasteiger partial charge < -0.3 is 0 Å². The maximum atomic E-state index is 12.7. The minimum absolute atomic E-state index is 0.232. The largest absolute Gasteiger partial charge is 0.273 e. The van der Waals surface area contributed by atoms with E-state index in [1.165, 1.54) is 30.1 Å². The van der Waals surface area contributed by atoms with E-state index in [1.807, 2.05) is 0 Å². The predicted octanol–water partition coefficient (Wildman–Crippen LogP) is 2.16. The molecule has 0 saturated heterocycles. The van der Waals surface area contributed by atoms with Gasteiger partial charge in [0.25, 0.3) is 5.91 Å². The first-order valence-electron chi connectivity index (χ1n) is 6.53. The van der Waals surface area contributed by atoms with Crippen LogP contribution in [0.1, 0.15) is 16.8 Å². The van der Waals surface area contributed by atoms with E-state index in [0.29, 0.717) is 11.3 Å². The van der Waals surface area contributed by atoms with Crippen LogP contribution in [0.3, 0.4) is 0 Å². The summed E-state index contributed by atoms with van der Waals surface area (Å²) in [6.07, 6.45) is 3.20. The number of pyridine rings is 1. The highest BCUT2D eigenvalue weighted by molar-refractivity contribution is 7.99. The van der Waals surface area contributed by atoms with Crippen LogP contribution >= 0.6 is 11.8 Å². The first-order chi connectivity index (χ1) is 10.6. The van der Waals surface area contributed by atoms with E-state index < -0.39 is 5.91 Å². The molecular weight excluding hydrogens is 305 g/mol. The molecule has 7 heteroatoms. The van der Waals surface area contributed by atoms with Crippen molar-refractivity contribution in [3.8, 4) is 0 Å². The van der Waals surface area contributed by atoms with Crippen LogP contribution in [0, 0.1) is 5.82 Å². The number of nitrogens with zero attached hydrogens (tertiary/aromatic N) is 1. The molecule has 0 unspecified atom stereocenters. The lowest BCUT2D eigenvalue weighted by Crippen LogP contribution is -2.41. The zero-order valence-corrected chi connectivity index (χ0v) is 12.4. The van der Waals surface area contributed by atoms with Crippen LogP contribution in [0.5, 0.6) is 0 Å². The lowest BCUT2D eigenvalue weighted by Gasteiger charge is -2.07. The van der Waals surface area contributed by atoms with Gasteiger partial charge in [-0.2, -0.15) is 0 Å². The summed E-state index contributed by atoms with van der Waals surface area (Å²) in [6.45, 7) is 0. The second kappa shape index (κ2) is 8.14. The molecule has 2 aromatic rings. The first-order valence-corrected chi connectivity index (χ1v) is 7.51. The van der Waals surface area contributed by atoms with Gasteiger partial charge in [-0.05, 0) is 36.4 Å². The molecule has 22 heavy (non-hydrogen) atoms. The Morgan fingerprint density at radius 2 is 1.91 bits per heavy atom. The zero-order valence-electron chi connectivity index (χ0n) is 11.6. The van der Waals surface area contributed by atoms with Gasteiger partial charge in [0.15, 0.2) is 0 Å². The standard InChI is InChI=1S/C15H14FN3O2S/c16-12-3-5-13(6-4-12)22-9-7-14(20)18-19-15(21)11-2-1-8-17-10-11/h1-6,8,10H,7,9H2,(H,18,20)(H,19,21). The van der Waals surface area contributed by atoms with Crippen LogP contribution < -0.4 is 10.9 Å². The average Bonchev–Trinajstić information content (AvgIpc) is 2.55. The van der Waals surface area contributed by atoms with Gasteiger partial charge in [-0.1, -0.05) is 0 Å². The minimum atomic E-state index is -0.423. The molecule has 0 aliphatic carbocycles. The van der Waals surface area contributed by atoms with Gasteiger partial charge in [0.1, 0.15) is 5.82 Å². The molecule has 2 N–H and O–H groups in total. The molecule has 0 aliphatic heterocycles. The number of rotatable bonds is 5. The molecule has 0 saturated carbocycles. The monoisotopic (exact) mass is 319 g/mol. The molecule has 0 radical (unpaired) electrons. The molecule has 1 aromatic carbocycles. The highest BCUT2D eigenvalue weighted by Gasteiger charge is 2.07. The molecular formula is C15H14FN3O2S. The third-order valence-electron chi connectivity index (χ3n) is 2.65. The zero-order chi connectivity index (χ0) is 15.8. The first kappa shape index (κ1) is 16.0. The fourth-order valence-electron chi connectivity index (χ4n) is 1.55. The van der Waals surface area contributed by atoms with Crippen LogP contribution in [-0.2, 0) is 4.79 Å². The lowest BCUT2D eigenvalue weighted by molar-refractivity contribution is -0.121. The highest BCUT2D eigenvalue weighted by Crippen LogP contribution is 2.18. The van der Waals surface area contributed by atoms with Crippen LogP contribution in [-0.4, -0.2) is 22.6 Å². The summed E-state index contributed by atoms with van der Waals surface area (Å²) in [6, 6.07) is 9.28. The molecule has 2 amide bonds. The minimum Gasteiger partial charge on any atom is -0.273 e. The van der Waals surface area contributed by atoms with Crippen molar-refractivity contribution < 1.29 is 14.0 Å². The fraction of sp³-hybridized carbons (Fsp3) is 0.133. The van der Waals surface area contributed by atoms with Gasteiger partial charge in [0.2, 0.25) is 5.91 Å². The molecule has 2 rings (SSSR count). The number of hydrazine groups is 1. The number of hydrogen-bond donors (Lipinski definition) is 2. The summed E-state index contributed by atoms with van der Waals surface area (Å²) in [4.78, 5) is 28.0. The van der Waals surface area contributed by atoms with Gasteiger partial charge >= 0.3 is 0 Å². The smallest absolute Gasteiger partial charge is 0.271 e. The number of carbonyl (C=O) groups is 2. The summed E-state index contributed by atoms with van der Waals surface area (Å²) >= 11 is 1.44. The summed E-state index contributed by atoms with van der Waals surface area (Å²) < 4.78 is 12.7. The third kappa shape index (κ3) is 5.17. The van der Waals surface area contributed by atoms with E-state index in [1.54, 1.807) is 30.5 Å². The fourth-order valence-corrected chi connectivity index (χ4v) is 2.40. The Hall–Kier alpha value is -2.41. The van der Waals surface area contributed by atoms with Crippen molar-refractivity contribution in [1.29, 1.82) is 0 Å². The number of nitrogens with one attached hydrogen (secondary N) is 2.